The molecule has 4 nitrogen and oxygen atoms in total. The summed E-state index contributed by atoms with van der Waals surface area (Å²) < 4.78 is 13.1. The first-order valence-electron chi connectivity index (χ1n) is 4.81. The summed E-state index contributed by atoms with van der Waals surface area (Å²) in [5.74, 6) is -2.07. The highest BCUT2D eigenvalue weighted by atomic mass is 19.1. The predicted octanol–water partition coefficient (Wildman–Crippen LogP) is 0.959. The number of carboxylic acids is 1. The molecule has 1 aromatic carbocycles. The van der Waals surface area contributed by atoms with Crippen LogP contribution in [0, 0.1) is 5.82 Å². The van der Waals surface area contributed by atoms with E-state index in [4.69, 9.17) is 5.11 Å². The van der Waals surface area contributed by atoms with Gasteiger partial charge in [0.05, 0.1) is 0 Å². The van der Waals surface area contributed by atoms with E-state index in [1.807, 2.05) is 0 Å². The van der Waals surface area contributed by atoms with Gasteiger partial charge in [0.15, 0.2) is 0 Å². The molecule has 5 heteroatoms. The van der Waals surface area contributed by atoms with Crippen molar-refractivity contribution in [2.75, 3.05) is 6.54 Å². The fourth-order valence-electron chi connectivity index (χ4n) is 1.24. The Hall–Kier alpha value is -1.91. The van der Waals surface area contributed by atoms with Gasteiger partial charge in [-0.15, -0.1) is 0 Å². The van der Waals surface area contributed by atoms with Crippen molar-refractivity contribution in [1.29, 1.82) is 0 Å². The molecule has 0 aromatic heterocycles. The van der Waals surface area contributed by atoms with Crippen LogP contribution >= 0.6 is 0 Å². The van der Waals surface area contributed by atoms with Crippen molar-refractivity contribution < 1.29 is 19.1 Å². The smallest absolute Gasteiger partial charge is 0.312 e. The first-order valence-corrected chi connectivity index (χ1v) is 4.81. The molecule has 0 aliphatic heterocycles. The van der Waals surface area contributed by atoms with Gasteiger partial charge in [0.2, 0.25) is 5.91 Å². The van der Waals surface area contributed by atoms with Gasteiger partial charge in [0, 0.05) is 6.54 Å². The summed E-state index contributed by atoms with van der Waals surface area (Å²) in [6.07, 6.45) is -0.213. The molecular weight excluding hydrogens is 213 g/mol. The number of halogens is 1. The standard InChI is InChI=1S/C11H12FNO3/c12-9-4-2-1-3-8(9)5-6-13-10(14)7-11(15)16/h1-4H,5-7H2,(H,13,14)(H,15,16). The molecule has 0 heterocycles. The number of nitrogens with one attached hydrogen (secondary N) is 1. The molecule has 1 aromatic rings. The first-order chi connectivity index (χ1) is 7.59. The third-order valence-electron chi connectivity index (χ3n) is 1.99. The highest BCUT2D eigenvalue weighted by Crippen LogP contribution is 2.05. The number of carbonyl (C=O) groups is 2. The van der Waals surface area contributed by atoms with Gasteiger partial charge < -0.3 is 10.4 Å². The van der Waals surface area contributed by atoms with Crippen LogP contribution in [0.3, 0.4) is 0 Å². The lowest BCUT2D eigenvalue weighted by molar-refractivity contribution is -0.140. The topological polar surface area (TPSA) is 66.4 Å². The molecule has 0 saturated carbocycles. The zero-order chi connectivity index (χ0) is 12.0. The average molecular weight is 225 g/mol. The Morgan fingerprint density at radius 1 is 1.31 bits per heavy atom. The average Bonchev–Trinajstić information content (AvgIpc) is 2.19. The molecule has 0 atom stereocenters. The van der Waals surface area contributed by atoms with Crippen molar-refractivity contribution in [1.82, 2.24) is 5.32 Å². The molecule has 1 rings (SSSR count). The van der Waals surface area contributed by atoms with E-state index in [1.54, 1.807) is 18.2 Å². The number of amides is 1. The Bertz CT molecular complexity index is 393. The van der Waals surface area contributed by atoms with E-state index in [0.29, 0.717) is 12.0 Å². The van der Waals surface area contributed by atoms with Crippen molar-refractivity contribution in [3.8, 4) is 0 Å². The van der Waals surface area contributed by atoms with E-state index >= 15 is 0 Å². The molecule has 1 amide bonds. The zero-order valence-corrected chi connectivity index (χ0v) is 8.57. The number of rotatable bonds is 5. The second-order valence-corrected chi connectivity index (χ2v) is 3.26. The number of hydrogen-bond donors (Lipinski definition) is 2. The van der Waals surface area contributed by atoms with Crippen LogP contribution in [0.2, 0.25) is 0 Å². The van der Waals surface area contributed by atoms with Crippen LogP contribution in [-0.4, -0.2) is 23.5 Å². The Labute approximate surface area is 92.1 Å². The molecular formula is C11H12FNO3. The van der Waals surface area contributed by atoms with Crippen molar-refractivity contribution in [2.24, 2.45) is 0 Å². The third-order valence-corrected chi connectivity index (χ3v) is 1.99. The summed E-state index contributed by atoms with van der Waals surface area (Å²) in [6.45, 7) is 0.229. The van der Waals surface area contributed by atoms with Crippen LogP contribution in [0.5, 0.6) is 0 Å². The van der Waals surface area contributed by atoms with Gasteiger partial charge in [0.25, 0.3) is 0 Å². The van der Waals surface area contributed by atoms with E-state index in [0.717, 1.165) is 0 Å². The second-order valence-electron chi connectivity index (χ2n) is 3.26. The monoisotopic (exact) mass is 225 g/mol. The maximum absolute atomic E-state index is 13.1. The van der Waals surface area contributed by atoms with Crippen LogP contribution in [0.1, 0.15) is 12.0 Å². The predicted molar refractivity (Wildman–Crippen MR) is 55.4 cm³/mol. The Balaban J connectivity index is 2.33. The minimum atomic E-state index is -1.18. The number of aliphatic carboxylic acids is 1. The van der Waals surface area contributed by atoms with E-state index in [-0.39, 0.29) is 12.4 Å². The van der Waals surface area contributed by atoms with Gasteiger partial charge in [-0.1, -0.05) is 18.2 Å². The number of benzene rings is 1. The molecule has 0 aliphatic carbocycles. The molecule has 16 heavy (non-hydrogen) atoms. The maximum atomic E-state index is 13.1. The van der Waals surface area contributed by atoms with Gasteiger partial charge in [-0.3, -0.25) is 9.59 Å². The second kappa shape index (κ2) is 5.85. The van der Waals surface area contributed by atoms with Crippen LogP contribution in [0.25, 0.3) is 0 Å². The Morgan fingerprint density at radius 2 is 2.00 bits per heavy atom. The molecule has 2 N–H and O–H groups in total. The van der Waals surface area contributed by atoms with Gasteiger partial charge in [-0.05, 0) is 18.1 Å². The van der Waals surface area contributed by atoms with Gasteiger partial charge >= 0.3 is 5.97 Å². The molecule has 86 valence electrons. The normalized spacial score (nSPS) is 9.81. The fraction of sp³-hybridized carbons (Fsp3) is 0.273. The van der Waals surface area contributed by atoms with Crippen LogP contribution in [-0.2, 0) is 16.0 Å². The molecule has 0 spiro atoms. The Kier molecular flexibility index (Phi) is 4.44. The first kappa shape index (κ1) is 12.2. The van der Waals surface area contributed by atoms with Gasteiger partial charge in [-0.2, -0.15) is 0 Å². The maximum Gasteiger partial charge on any atom is 0.312 e. The lowest BCUT2D eigenvalue weighted by Gasteiger charge is -2.04. The summed E-state index contributed by atoms with van der Waals surface area (Å²) in [7, 11) is 0. The van der Waals surface area contributed by atoms with Crippen LogP contribution in [0.15, 0.2) is 24.3 Å². The molecule has 0 bridgehead atoms. The lowest BCUT2D eigenvalue weighted by atomic mass is 10.1. The molecule has 0 fully saturated rings. The fourth-order valence-corrected chi connectivity index (χ4v) is 1.24. The summed E-state index contributed by atoms with van der Waals surface area (Å²) >= 11 is 0. The third kappa shape index (κ3) is 4.08. The van der Waals surface area contributed by atoms with E-state index in [1.165, 1.54) is 6.07 Å². The summed E-state index contributed by atoms with van der Waals surface area (Å²) in [5, 5.41) is 10.7. The van der Waals surface area contributed by atoms with Crippen LogP contribution < -0.4 is 5.32 Å². The summed E-state index contributed by atoms with van der Waals surface area (Å²) in [4.78, 5) is 21.1. The van der Waals surface area contributed by atoms with E-state index < -0.39 is 18.3 Å². The molecule has 0 unspecified atom stereocenters. The zero-order valence-electron chi connectivity index (χ0n) is 8.57. The number of carbonyl (C=O) groups excluding carboxylic acids is 1. The minimum absolute atomic E-state index is 0.229. The number of hydrogen-bond acceptors (Lipinski definition) is 2. The van der Waals surface area contributed by atoms with E-state index in [2.05, 4.69) is 5.32 Å². The minimum Gasteiger partial charge on any atom is -0.481 e. The quantitative estimate of drug-likeness (QED) is 0.733. The lowest BCUT2D eigenvalue weighted by Crippen LogP contribution is -2.27. The largest absolute Gasteiger partial charge is 0.481 e. The van der Waals surface area contributed by atoms with Gasteiger partial charge in [0.1, 0.15) is 12.2 Å². The summed E-state index contributed by atoms with van der Waals surface area (Å²) in [5.41, 5.74) is 0.498. The van der Waals surface area contributed by atoms with Crippen molar-refractivity contribution >= 4 is 11.9 Å². The van der Waals surface area contributed by atoms with Crippen molar-refractivity contribution in [2.45, 2.75) is 12.8 Å². The number of carboxylic acid groups (broad SMARTS) is 1. The van der Waals surface area contributed by atoms with Crippen molar-refractivity contribution in [3.63, 3.8) is 0 Å². The van der Waals surface area contributed by atoms with Crippen molar-refractivity contribution in [3.05, 3.63) is 35.6 Å². The highest BCUT2D eigenvalue weighted by Gasteiger charge is 2.07. The highest BCUT2D eigenvalue weighted by molar-refractivity contribution is 5.93. The van der Waals surface area contributed by atoms with Crippen LogP contribution in [0.4, 0.5) is 4.39 Å². The van der Waals surface area contributed by atoms with E-state index in [9.17, 15) is 14.0 Å². The Morgan fingerprint density at radius 3 is 2.62 bits per heavy atom. The SMILES string of the molecule is O=C(O)CC(=O)NCCc1ccccc1F. The van der Waals surface area contributed by atoms with Gasteiger partial charge in [-0.25, -0.2) is 4.39 Å². The summed E-state index contributed by atoms with van der Waals surface area (Å²) in [6, 6.07) is 6.26. The molecule has 0 aliphatic rings. The molecule has 0 saturated heterocycles. The molecule has 0 radical (unpaired) electrons.